The molecule has 1 saturated heterocycles. The molecule has 13 heteroatoms. The van der Waals surface area contributed by atoms with E-state index in [0.717, 1.165) is 31.5 Å². The fraction of sp³-hybridized carbons (Fsp3) is 0.346. The number of aromatic nitrogens is 3. The van der Waals surface area contributed by atoms with Gasteiger partial charge >= 0.3 is 0 Å². The molecule has 0 atom stereocenters. The zero-order chi connectivity index (χ0) is 27.6. The first-order valence-electron chi connectivity index (χ1n) is 12.3. The number of anilines is 1. The number of hydrogen-bond acceptors (Lipinski definition) is 9. The van der Waals surface area contributed by atoms with E-state index >= 15 is 0 Å². The van der Waals surface area contributed by atoms with E-state index in [-0.39, 0.29) is 23.2 Å². The van der Waals surface area contributed by atoms with E-state index < -0.39 is 10.0 Å². The highest BCUT2D eigenvalue weighted by Crippen LogP contribution is 2.31. The van der Waals surface area contributed by atoms with Crippen LogP contribution in [0.1, 0.15) is 24.0 Å². The third-order valence-corrected chi connectivity index (χ3v) is 9.49. The first-order valence-corrected chi connectivity index (χ1v) is 15.4. The molecule has 0 amide bonds. The van der Waals surface area contributed by atoms with Crippen molar-refractivity contribution in [2.75, 3.05) is 31.5 Å². The Labute approximate surface area is 241 Å². The van der Waals surface area contributed by atoms with Crippen LogP contribution in [0.25, 0.3) is 10.5 Å². The highest BCUT2D eigenvalue weighted by molar-refractivity contribution is 7.92. The molecule has 3 heterocycles. The van der Waals surface area contributed by atoms with Crippen LogP contribution in [0.5, 0.6) is 11.6 Å². The van der Waals surface area contributed by atoms with Crippen LogP contribution in [0.3, 0.4) is 0 Å². The van der Waals surface area contributed by atoms with Gasteiger partial charge in [0.2, 0.25) is 5.82 Å². The molecule has 9 nitrogen and oxygen atoms in total. The summed E-state index contributed by atoms with van der Waals surface area (Å²) in [6.45, 7) is 4.43. The second-order valence-corrected chi connectivity index (χ2v) is 12.7. The van der Waals surface area contributed by atoms with Gasteiger partial charge < -0.3 is 14.4 Å². The fourth-order valence-electron chi connectivity index (χ4n) is 4.25. The normalized spacial score (nSPS) is 15.0. The Bertz CT molecular complexity index is 1590. The molecule has 4 aromatic rings. The third kappa shape index (κ3) is 6.55. The predicted molar refractivity (Wildman–Crippen MR) is 154 cm³/mol. The van der Waals surface area contributed by atoms with Crippen molar-refractivity contribution in [2.24, 2.45) is 5.92 Å². The molecule has 0 saturated carbocycles. The maximum absolute atomic E-state index is 13.2. The first kappa shape index (κ1) is 27.9. The Kier molecular flexibility index (Phi) is 8.43. The second-order valence-electron chi connectivity index (χ2n) is 9.44. The second kappa shape index (κ2) is 11.8. The number of ether oxygens (including phenoxy) is 2. The van der Waals surface area contributed by atoms with Crippen molar-refractivity contribution < 1.29 is 17.9 Å². The van der Waals surface area contributed by atoms with Crippen molar-refractivity contribution in [2.45, 2.75) is 31.3 Å². The smallest absolute Gasteiger partial charge is 0.263 e. The number of sulfonamides is 1. The number of hydrogen-bond donors (Lipinski definition) is 1. The van der Waals surface area contributed by atoms with E-state index in [9.17, 15) is 8.42 Å². The lowest BCUT2D eigenvalue weighted by Crippen LogP contribution is -2.32. The quantitative estimate of drug-likeness (QED) is 0.254. The van der Waals surface area contributed by atoms with Gasteiger partial charge in [0.05, 0.1) is 22.0 Å². The van der Waals surface area contributed by atoms with Crippen molar-refractivity contribution in [3.05, 3.63) is 63.1 Å². The summed E-state index contributed by atoms with van der Waals surface area (Å²) in [6.07, 6.45) is 2.17. The van der Waals surface area contributed by atoms with Gasteiger partial charge in [-0.05, 0) is 81.2 Å². The van der Waals surface area contributed by atoms with Crippen LogP contribution in [0.15, 0.2) is 46.8 Å². The summed E-state index contributed by atoms with van der Waals surface area (Å²) in [5, 5.41) is 0.857. The molecule has 1 N–H and O–H groups in total. The number of fused-ring (bicyclic) bond motifs is 1. The molecule has 1 aliphatic rings. The Morgan fingerprint density at radius 1 is 1.10 bits per heavy atom. The number of nitrogens with zero attached hydrogens (tertiary/aromatic N) is 4. The predicted octanol–water partition coefficient (Wildman–Crippen LogP) is 5.80. The largest absolute Gasteiger partial charge is 0.492 e. The molecule has 206 valence electrons. The highest BCUT2D eigenvalue weighted by Gasteiger charge is 2.23. The molecule has 0 bridgehead atoms. The molecule has 2 aromatic heterocycles. The highest BCUT2D eigenvalue weighted by atomic mass is 35.5. The monoisotopic (exact) mass is 607 g/mol. The minimum atomic E-state index is -4.03. The van der Waals surface area contributed by atoms with Crippen LogP contribution >= 0.6 is 34.5 Å². The van der Waals surface area contributed by atoms with E-state index in [1.807, 2.05) is 12.1 Å². The number of benzene rings is 2. The Morgan fingerprint density at radius 3 is 2.69 bits per heavy atom. The number of piperidine rings is 1. The molecule has 5 rings (SSSR count). The Hall–Kier alpha value is -2.70. The maximum atomic E-state index is 13.2. The van der Waals surface area contributed by atoms with Gasteiger partial charge in [-0.15, -0.1) is 11.3 Å². The lowest BCUT2D eigenvalue weighted by Gasteiger charge is -2.28. The van der Waals surface area contributed by atoms with Crippen LogP contribution in [0.4, 0.5) is 5.82 Å². The molecule has 0 unspecified atom stereocenters. The van der Waals surface area contributed by atoms with E-state index in [2.05, 4.69) is 31.6 Å². The Morgan fingerprint density at radius 2 is 1.90 bits per heavy atom. The van der Waals surface area contributed by atoms with Crippen molar-refractivity contribution >= 4 is 60.9 Å². The van der Waals surface area contributed by atoms with Crippen molar-refractivity contribution in [1.29, 1.82) is 0 Å². The standard InChI is InChI=1S/C26H27Cl2N5O4S2/c1-16-19(27)4-3-5-22(16)39(34,35)32-23-25(30-24-26(31-23)38-15-29-24)37-14-18-6-7-20(28)21(12-18)36-13-17-8-10-33(2)11-9-17/h3-7,12,15,17H,8-11,13-14H2,1-2H3,(H,31,32). The average molecular weight is 609 g/mol. The molecule has 0 aliphatic carbocycles. The molecule has 39 heavy (non-hydrogen) atoms. The van der Waals surface area contributed by atoms with E-state index in [4.69, 9.17) is 32.7 Å². The SMILES string of the molecule is Cc1c(Cl)cccc1S(=O)(=O)Nc1nc2scnc2nc1OCc1ccc(Cl)c(OCC2CCN(C)CC2)c1. The summed E-state index contributed by atoms with van der Waals surface area (Å²) in [4.78, 5) is 15.8. The zero-order valence-electron chi connectivity index (χ0n) is 21.4. The van der Waals surface area contributed by atoms with Crippen LogP contribution in [-0.4, -0.2) is 55.0 Å². The molecule has 0 spiro atoms. The van der Waals surface area contributed by atoms with Crippen molar-refractivity contribution in [3.8, 4) is 11.6 Å². The van der Waals surface area contributed by atoms with Crippen LogP contribution in [0.2, 0.25) is 10.0 Å². The molecule has 2 aromatic carbocycles. The first-order chi connectivity index (χ1) is 18.7. The summed E-state index contributed by atoms with van der Waals surface area (Å²) in [6, 6.07) is 10.1. The van der Waals surface area contributed by atoms with Crippen molar-refractivity contribution in [3.63, 3.8) is 0 Å². The van der Waals surface area contributed by atoms with Crippen LogP contribution < -0.4 is 14.2 Å². The van der Waals surface area contributed by atoms with Gasteiger partial charge in [0.15, 0.2) is 10.5 Å². The summed E-state index contributed by atoms with van der Waals surface area (Å²) < 4.78 is 41.0. The lowest BCUT2D eigenvalue weighted by atomic mass is 9.98. The Balaban J connectivity index is 1.34. The summed E-state index contributed by atoms with van der Waals surface area (Å²) >= 11 is 13.8. The van der Waals surface area contributed by atoms with Crippen LogP contribution in [-0.2, 0) is 16.6 Å². The number of rotatable bonds is 9. The van der Waals surface area contributed by atoms with E-state index in [1.54, 1.807) is 30.6 Å². The number of likely N-dealkylation sites (tertiary alicyclic amines) is 1. The topological polar surface area (TPSA) is 107 Å². The maximum Gasteiger partial charge on any atom is 0.263 e. The zero-order valence-corrected chi connectivity index (χ0v) is 24.5. The number of nitrogens with one attached hydrogen (secondary N) is 1. The van der Waals surface area contributed by atoms with Gasteiger partial charge in [-0.2, -0.15) is 4.98 Å². The minimum Gasteiger partial charge on any atom is -0.492 e. The van der Waals surface area contributed by atoms with Gasteiger partial charge in [0.1, 0.15) is 12.4 Å². The van der Waals surface area contributed by atoms with Gasteiger partial charge in [0.25, 0.3) is 15.9 Å². The van der Waals surface area contributed by atoms with Crippen molar-refractivity contribution in [1.82, 2.24) is 19.9 Å². The van der Waals surface area contributed by atoms with E-state index in [1.165, 1.54) is 17.4 Å². The molecule has 1 fully saturated rings. The lowest BCUT2D eigenvalue weighted by molar-refractivity contribution is 0.160. The van der Waals surface area contributed by atoms with E-state index in [0.29, 0.717) is 44.4 Å². The number of thiazole rings is 1. The van der Waals surface area contributed by atoms with Gasteiger partial charge in [-0.1, -0.05) is 35.3 Å². The third-order valence-electron chi connectivity index (χ3n) is 6.58. The molecular formula is C26H27Cl2N5O4S2. The fourth-order valence-corrected chi connectivity index (χ4v) is 6.52. The molecular weight excluding hydrogens is 581 g/mol. The van der Waals surface area contributed by atoms with Gasteiger partial charge in [-0.3, -0.25) is 4.72 Å². The summed E-state index contributed by atoms with van der Waals surface area (Å²) in [5.74, 6) is 1.02. The van der Waals surface area contributed by atoms with Gasteiger partial charge in [-0.25, -0.2) is 18.4 Å². The number of halogens is 2. The summed E-state index contributed by atoms with van der Waals surface area (Å²) in [7, 11) is -1.90. The van der Waals surface area contributed by atoms with Gasteiger partial charge in [0, 0.05) is 5.02 Å². The van der Waals surface area contributed by atoms with Crippen LogP contribution in [0, 0.1) is 12.8 Å². The molecule has 1 aliphatic heterocycles. The molecule has 0 radical (unpaired) electrons. The minimum absolute atomic E-state index is 0.000370. The summed E-state index contributed by atoms with van der Waals surface area (Å²) in [5.41, 5.74) is 3.14. The average Bonchev–Trinajstić information content (AvgIpc) is 3.36.